The van der Waals surface area contributed by atoms with Gasteiger partial charge in [0.2, 0.25) is 0 Å². The zero-order chi connectivity index (χ0) is 8.18. The first-order valence-electron chi connectivity index (χ1n) is 4.35. The Morgan fingerprint density at radius 1 is 1.33 bits per heavy atom. The summed E-state index contributed by atoms with van der Waals surface area (Å²) in [6.45, 7) is 0.934. The van der Waals surface area contributed by atoms with E-state index in [4.69, 9.17) is 0 Å². The fourth-order valence-corrected chi connectivity index (χ4v) is 2.10. The lowest BCUT2D eigenvalue weighted by Crippen LogP contribution is -2.07. The summed E-state index contributed by atoms with van der Waals surface area (Å²) in [7, 11) is 0. The van der Waals surface area contributed by atoms with E-state index in [0.29, 0.717) is 5.41 Å². The highest BCUT2D eigenvalue weighted by Crippen LogP contribution is 2.54. The molecule has 0 amide bonds. The third kappa shape index (κ3) is 0.631. The molecule has 1 spiro atoms. The molecule has 0 aromatic heterocycles. The van der Waals surface area contributed by atoms with Crippen LogP contribution in [0.15, 0.2) is 18.2 Å². The lowest BCUT2D eigenvalue weighted by Gasteiger charge is -2.04. The van der Waals surface area contributed by atoms with Crippen molar-refractivity contribution in [1.82, 2.24) is 0 Å². The topological polar surface area (TPSA) is 12.0 Å². The molecule has 0 unspecified atom stereocenters. The lowest BCUT2D eigenvalue weighted by molar-refractivity contribution is 0.631. The second-order valence-corrected chi connectivity index (χ2v) is 3.80. The van der Waals surface area contributed by atoms with Gasteiger partial charge < -0.3 is 5.32 Å². The SMILES string of the molecule is Fc1cccc2c1NCC21CC1. The molecule has 1 N–H and O–H groups in total. The Hall–Kier alpha value is -1.05. The molecule has 1 aromatic carbocycles. The van der Waals surface area contributed by atoms with Crippen LogP contribution in [0.5, 0.6) is 0 Å². The maximum atomic E-state index is 13.2. The number of benzene rings is 1. The average molecular weight is 163 g/mol. The Kier molecular flexibility index (Phi) is 0.978. The molecule has 2 heteroatoms. The quantitative estimate of drug-likeness (QED) is 0.618. The van der Waals surface area contributed by atoms with Crippen molar-refractivity contribution in [3.63, 3.8) is 0 Å². The zero-order valence-corrected chi connectivity index (χ0v) is 6.73. The molecule has 3 rings (SSSR count). The summed E-state index contributed by atoms with van der Waals surface area (Å²) in [4.78, 5) is 0. The summed E-state index contributed by atoms with van der Waals surface area (Å²) >= 11 is 0. The van der Waals surface area contributed by atoms with Crippen molar-refractivity contribution in [2.75, 3.05) is 11.9 Å². The molecule has 1 saturated carbocycles. The number of nitrogens with one attached hydrogen (secondary N) is 1. The molecule has 1 nitrogen and oxygen atoms in total. The van der Waals surface area contributed by atoms with Gasteiger partial charge in [0.05, 0.1) is 5.69 Å². The Bertz CT molecular complexity index is 342. The van der Waals surface area contributed by atoms with E-state index in [1.54, 1.807) is 6.07 Å². The van der Waals surface area contributed by atoms with E-state index < -0.39 is 0 Å². The van der Waals surface area contributed by atoms with Crippen molar-refractivity contribution >= 4 is 5.69 Å². The summed E-state index contributed by atoms with van der Waals surface area (Å²) in [5, 5.41) is 3.15. The third-order valence-electron chi connectivity index (χ3n) is 3.04. The average Bonchev–Trinajstić information content (AvgIpc) is 2.73. The number of hydrogen-bond acceptors (Lipinski definition) is 1. The Morgan fingerprint density at radius 3 is 2.92 bits per heavy atom. The highest BCUT2D eigenvalue weighted by molar-refractivity contribution is 5.63. The van der Waals surface area contributed by atoms with Gasteiger partial charge in [-0.3, -0.25) is 0 Å². The van der Waals surface area contributed by atoms with Crippen LogP contribution in [0, 0.1) is 5.82 Å². The minimum atomic E-state index is -0.101. The third-order valence-corrected chi connectivity index (χ3v) is 3.04. The molecule has 1 aromatic rings. The molecule has 62 valence electrons. The number of rotatable bonds is 0. The number of hydrogen-bond donors (Lipinski definition) is 1. The minimum Gasteiger partial charge on any atom is -0.382 e. The molecule has 0 saturated heterocycles. The Balaban J connectivity index is 2.23. The van der Waals surface area contributed by atoms with Gasteiger partial charge >= 0.3 is 0 Å². The predicted molar refractivity (Wildman–Crippen MR) is 45.8 cm³/mol. The van der Waals surface area contributed by atoms with Crippen LogP contribution in [0.1, 0.15) is 18.4 Å². The smallest absolute Gasteiger partial charge is 0.146 e. The molecule has 0 atom stereocenters. The van der Waals surface area contributed by atoms with Crippen LogP contribution in [0.2, 0.25) is 0 Å². The van der Waals surface area contributed by atoms with Gasteiger partial charge in [-0.1, -0.05) is 12.1 Å². The van der Waals surface area contributed by atoms with E-state index in [2.05, 4.69) is 5.32 Å². The maximum absolute atomic E-state index is 13.2. The Labute approximate surface area is 70.6 Å². The molecule has 0 bridgehead atoms. The molecule has 2 aliphatic rings. The molecule has 1 aliphatic heterocycles. The van der Waals surface area contributed by atoms with Crippen molar-refractivity contribution < 1.29 is 4.39 Å². The van der Waals surface area contributed by atoms with Gasteiger partial charge in [0.1, 0.15) is 5.82 Å². The van der Waals surface area contributed by atoms with Gasteiger partial charge in [-0.2, -0.15) is 0 Å². The van der Waals surface area contributed by atoms with Crippen LogP contribution in [-0.4, -0.2) is 6.54 Å². The first-order chi connectivity index (χ1) is 5.82. The molecule has 1 heterocycles. The van der Waals surface area contributed by atoms with E-state index in [-0.39, 0.29) is 5.82 Å². The fraction of sp³-hybridized carbons (Fsp3) is 0.400. The van der Waals surface area contributed by atoms with Crippen molar-refractivity contribution in [2.24, 2.45) is 0 Å². The largest absolute Gasteiger partial charge is 0.382 e. The van der Waals surface area contributed by atoms with Gasteiger partial charge in [0, 0.05) is 12.0 Å². The van der Waals surface area contributed by atoms with Gasteiger partial charge in [-0.05, 0) is 24.5 Å². The van der Waals surface area contributed by atoms with E-state index >= 15 is 0 Å². The van der Waals surface area contributed by atoms with Crippen LogP contribution < -0.4 is 5.32 Å². The number of halogens is 1. The van der Waals surface area contributed by atoms with Gasteiger partial charge in [0.15, 0.2) is 0 Å². The number of para-hydroxylation sites is 1. The van der Waals surface area contributed by atoms with Gasteiger partial charge in [-0.15, -0.1) is 0 Å². The van der Waals surface area contributed by atoms with E-state index in [1.807, 2.05) is 6.07 Å². The number of anilines is 1. The molecule has 1 aliphatic carbocycles. The normalized spacial score (nSPS) is 22.1. The van der Waals surface area contributed by atoms with Crippen LogP contribution in [0.25, 0.3) is 0 Å². The van der Waals surface area contributed by atoms with Crippen molar-refractivity contribution in [3.05, 3.63) is 29.6 Å². The highest BCUT2D eigenvalue weighted by Gasteiger charge is 2.49. The summed E-state index contributed by atoms with van der Waals surface area (Å²) in [6, 6.07) is 5.37. The molecule has 1 fully saturated rings. The van der Waals surface area contributed by atoms with Crippen molar-refractivity contribution in [2.45, 2.75) is 18.3 Å². The van der Waals surface area contributed by atoms with Gasteiger partial charge in [0.25, 0.3) is 0 Å². The van der Waals surface area contributed by atoms with Crippen LogP contribution in [-0.2, 0) is 5.41 Å². The zero-order valence-electron chi connectivity index (χ0n) is 6.73. The van der Waals surface area contributed by atoms with E-state index in [9.17, 15) is 4.39 Å². The van der Waals surface area contributed by atoms with Crippen LogP contribution >= 0.6 is 0 Å². The van der Waals surface area contributed by atoms with Crippen molar-refractivity contribution in [1.29, 1.82) is 0 Å². The number of fused-ring (bicyclic) bond motifs is 2. The standard InChI is InChI=1S/C10H10FN/c11-8-3-1-2-7-9(8)12-6-10(7)4-5-10/h1-3,12H,4-6H2. The van der Waals surface area contributed by atoms with Crippen molar-refractivity contribution in [3.8, 4) is 0 Å². The van der Waals surface area contributed by atoms with Crippen LogP contribution in [0.4, 0.5) is 10.1 Å². The van der Waals surface area contributed by atoms with E-state index in [0.717, 1.165) is 12.2 Å². The molecular weight excluding hydrogens is 153 g/mol. The van der Waals surface area contributed by atoms with Crippen LogP contribution in [0.3, 0.4) is 0 Å². The summed E-state index contributed by atoms with van der Waals surface area (Å²) in [5.74, 6) is -0.101. The lowest BCUT2D eigenvalue weighted by atomic mass is 9.99. The highest BCUT2D eigenvalue weighted by atomic mass is 19.1. The van der Waals surface area contributed by atoms with E-state index in [1.165, 1.54) is 24.5 Å². The second-order valence-electron chi connectivity index (χ2n) is 3.80. The molecular formula is C10H10FN. The summed E-state index contributed by atoms with van der Waals surface area (Å²) in [6.07, 6.45) is 2.44. The first-order valence-corrected chi connectivity index (χ1v) is 4.35. The minimum absolute atomic E-state index is 0.101. The Morgan fingerprint density at radius 2 is 2.17 bits per heavy atom. The summed E-state index contributed by atoms with van der Waals surface area (Å²) in [5.41, 5.74) is 2.26. The molecule has 0 radical (unpaired) electrons. The van der Waals surface area contributed by atoms with Gasteiger partial charge in [-0.25, -0.2) is 4.39 Å². The fourth-order valence-electron chi connectivity index (χ4n) is 2.10. The first kappa shape index (κ1) is 6.46. The molecule has 12 heavy (non-hydrogen) atoms. The predicted octanol–water partition coefficient (Wildman–Crippen LogP) is 2.28. The monoisotopic (exact) mass is 163 g/mol. The maximum Gasteiger partial charge on any atom is 0.146 e. The summed E-state index contributed by atoms with van der Waals surface area (Å²) < 4.78 is 13.2. The second kappa shape index (κ2) is 1.82.